The van der Waals surface area contributed by atoms with E-state index in [1.54, 1.807) is 18.5 Å². The Hall–Kier alpha value is -1.46. The average molecular weight is 290 g/mol. The van der Waals surface area contributed by atoms with E-state index in [1.807, 2.05) is 11.0 Å². The van der Waals surface area contributed by atoms with Crippen LogP contribution in [0, 0.1) is 5.92 Å². The summed E-state index contributed by atoms with van der Waals surface area (Å²) in [6.45, 7) is 2.33. The molecule has 5 nitrogen and oxygen atoms in total. The highest BCUT2D eigenvalue weighted by Gasteiger charge is 2.33. The van der Waals surface area contributed by atoms with Gasteiger partial charge in [0.05, 0.1) is 6.10 Å². The number of aromatic nitrogens is 1. The Bertz CT molecular complexity index is 476. The van der Waals surface area contributed by atoms with E-state index in [1.165, 1.54) is 12.8 Å². The summed E-state index contributed by atoms with van der Waals surface area (Å²) in [6, 6.07) is 3.00. The van der Waals surface area contributed by atoms with Crippen LogP contribution in [0.4, 0.5) is 0 Å². The Balaban J connectivity index is 1.65. The predicted molar refractivity (Wildman–Crippen MR) is 77.9 cm³/mol. The number of hydrogen-bond acceptors (Lipinski definition) is 4. The van der Waals surface area contributed by atoms with Crippen molar-refractivity contribution in [3.05, 3.63) is 30.1 Å². The van der Waals surface area contributed by atoms with Crippen molar-refractivity contribution in [2.75, 3.05) is 19.7 Å². The molecule has 1 saturated heterocycles. The molecule has 0 aromatic carbocycles. The van der Waals surface area contributed by atoms with Crippen LogP contribution in [-0.4, -0.2) is 46.8 Å². The molecular weight excluding hydrogens is 268 g/mol. The van der Waals surface area contributed by atoms with Crippen molar-refractivity contribution in [2.24, 2.45) is 5.92 Å². The molecule has 1 aromatic rings. The molecule has 2 atom stereocenters. The molecule has 1 aromatic heterocycles. The van der Waals surface area contributed by atoms with Crippen LogP contribution in [-0.2, 0) is 9.53 Å². The second-order valence-corrected chi connectivity index (χ2v) is 6.06. The van der Waals surface area contributed by atoms with Gasteiger partial charge in [0.25, 0.3) is 0 Å². The predicted octanol–water partition coefficient (Wildman–Crippen LogP) is 2.10. The van der Waals surface area contributed by atoms with Gasteiger partial charge in [-0.2, -0.15) is 0 Å². The van der Waals surface area contributed by atoms with E-state index in [2.05, 4.69) is 4.98 Å². The molecule has 21 heavy (non-hydrogen) atoms. The molecule has 1 saturated carbocycles. The van der Waals surface area contributed by atoms with Crippen molar-refractivity contribution in [3.63, 3.8) is 0 Å². The minimum atomic E-state index is -0.814. The summed E-state index contributed by atoms with van der Waals surface area (Å²) in [6.07, 6.45) is 8.06. The van der Waals surface area contributed by atoms with Crippen LogP contribution in [0.3, 0.4) is 0 Å². The molecule has 0 radical (unpaired) electrons. The van der Waals surface area contributed by atoms with Gasteiger partial charge < -0.3 is 9.84 Å². The first-order valence-electron chi connectivity index (χ1n) is 7.72. The molecule has 1 aliphatic heterocycles. The van der Waals surface area contributed by atoms with Crippen LogP contribution in [0.15, 0.2) is 24.5 Å². The second-order valence-electron chi connectivity index (χ2n) is 6.06. The number of carboxylic acids is 1. The first-order chi connectivity index (χ1) is 10.2. The summed E-state index contributed by atoms with van der Waals surface area (Å²) in [5, 5.41) is 9.58. The van der Waals surface area contributed by atoms with Crippen LogP contribution in [0.5, 0.6) is 0 Å². The molecule has 2 fully saturated rings. The highest BCUT2D eigenvalue weighted by atomic mass is 16.5. The Labute approximate surface area is 124 Å². The van der Waals surface area contributed by atoms with Gasteiger partial charge in [-0.1, -0.05) is 6.07 Å². The molecule has 114 valence electrons. The summed E-state index contributed by atoms with van der Waals surface area (Å²) < 4.78 is 5.95. The topological polar surface area (TPSA) is 62.7 Å². The average Bonchev–Trinajstić information content (AvgIpc) is 3.31. The lowest BCUT2D eigenvalue weighted by Crippen LogP contribution is -2.44. The third-order valence-corrected chi connectivity index (χ3v) is 4.27. The molecular formula is C16H22N2O3. The van der Waals surface area contributed by atoms with Gasteiger partial charge in [-0.25, -0.2) is 0 Å². The highest BCUT2D eigenvalue weighted by molar-refractivity contribution is 5.75. The number of hydrogen-bond donors (Lipinski definition) is 1. The van der Waals surface area contributed by atoms with E-state index < -0.39 is 12.0 Å². The van der Waals surface area contributed by atoms with Gasteiger partial charge in [-0.05, 0) is 49.8 Å². The Morgan fingerprint density at radius 3 is 3.00 bits per heavy atom. The van der Waals surface area contributed by atoms with Gasteiger partial charge in [0, 0.05) is 25.5 Å². The van der Waals surface area contributed by atoms with Gasteiger partial charge >= 0.3 is 5.97 Å². The lowest BCUT2D eigenvalue weighted by atomic mass is 10.0. The summed E-state index contributed by atoms with van der Waals surface area (Å²) in [7, 11) is 0. The molecule has 0 spiro atoms. The molecule has 2 heterocycles. The van der Waals surface area contributed by atoms with Gasteiger partial charge in [-0.3, -0.25) is 14.7 Å². The van der Waals surface area contributed by atoms with E-state index in [0.29, 0.717) is 6.54 Å². The summed E-state index contributed by atoms with van der Waals surface area (Å²) >= 11 is 0. The molecule has 1 aliphatic carbocycles. The third-order valence-electron chi connectivity index (χ3n) is 4.27. The lowest BCUT2D eigenvalue weighted by molar-refractivity contribution is -0.145. The van der Waals surface area contributed by atoms with Gasteiger partial charge in [0.2, 0.25) is 0 Å². The number of aliphatic carboxylic acids is 1. The number of carbonyl (C=O) groups is 1. The van der Waals surface area contributed by atoms with Crippen molar-refractivity contribution in [1.82, 2.24) is 9.88 Å². The van der Waals surface area contributed by atoms with Crippen LogP contribution >= 0.6 is 0 Å². The number of rotatable bonds is 6. The van der Waals surface area contributed by atoms with E-state index >= 15 is 0 Å². The number of piperidine rings is 1. The standard InChI is InChI=1S/C16H22N2O3/c19-16(20)15(13-3-1-7-17-9-13)18-8-2-4-14(10-18)21-11-12-5-6-12/h1,3,7,9,12,14-15H,2,4-6,8,10-11H2,(H,19,20). The highest BCUT2D eigenvalue weighted by Crippen LogP contribution is 2.31. The van der Waals surface area contributed by atoms with Gasteiger partial charge in [-0.15, -0.1) is 0 Å². The van der Waals surface area contributed by atoms with E-state index in [4.69, 9.17) is 4.74 Å². The molecule has 2 aliphatic rings. The lowest BCUT2D eigenvalue weighted by Gasteiger charge is -2.36. The van der Waals surface area contributed by atoms with Gasteiger partial charge in [0.15, 0.2) is 0 Å². The molecule has 2 unspecified atom stereocenters. The maximum absolute atomic E-state index is 11.7. The number of pyridine rings is 1. The number of nitrogens with zero attached hydrogens (tertiary/aromatic N) is 2. The smallest absolute Gasteiger partial charge is 0.325 e. The van der Waals surface area contributed by atoms with Crippen molar-refractivity contribution in [3.8, 4) is 0 Å². The minimum Gasteiger partial charge on any atom is -0.480 e. The quantitative estimate of drug-likeness (QED) is 0.869. The maximum Gasteiger partial charge on any atom is 0.325 e. The Morgan fingerprint density at radius 2 is 2.33 bits per heavy atom. The van der Waals surface area contributed by atoms with Crippen LogP contribution in [0.2, 0.25) is 0 Å². The zero-order valence-electron chi connectivity index (χ0n) is 12.1. The zero-order valence-corrected chi connectivity index (χ0v) is 12.1. The fraction of sp³-hybridized carbons (Fsp3) is 0.625. The number of carboxylic acid groups (broad SMARTS) is 1. The maximum atomic E-state index is 11.7. The summed E-state index contributed by atoms with van der Waals surface area (Å²) in [4.78, 5) is 17.7. The molecule has 1 N–H and O–H groups in total. The molecule has 3 rings (SSSR count). The summed E-state index contributed by atoms with van der Waals surface area (Å²) in [5.74, 6) is -0.0696. The Kier molecular flexibility index (Phi) is 4.51. The van der Waals surface area contributed by atoms with Crippen molar-refractivity contribution < 1.29 is 14.6 Å². The van der Waals surface area contributed by atoms with E-state index in [-0.39, 0.29) is 6.10 Å². The normalized spacial score (nSPS) is 24.7. The molecule has 0 bridgehead atoms. The fourth-order valence-electron chi connectivity index (χ4n) is 2.94. The Morgan fingerprint density at radius 1 is 1.48 bits per heavy atom. The van der Waals surface area contributed by atoms with Crippen LogP contribution in [0.1, 0.15) is 37.3 Å². The minimum absolute atomic E-state index is 0.165. The van der Waals surface area contributed by atoms with Crippen molar-refractivity contribution in [2.45, 2.75) is 37.8 Å². The zero-order chi connectivity index (χ0) is 14.7. The third kappa shape index (κ3) is 3.80. The summed E-state index contributed by atoms with van der Waals surface area (Å²) in [5.41, 5.74) is 0.743. The van der Waals surface area contributed by atoms with Crippen LogP contribution < -0.4 is 0 Å². The largest absolute Gasteiger partial charge is 0.480 e. The fourth-order valence-corrected chi connectivity index (χ4v) is 2.94. The van der Waals surface area contributed by atoms with E-state index in [0.717, 1.165) is 37.5 Å². The number of likely N-dealkylation sites (tertiary alicyclic amines) is 1. The SMILES string of the molecule is O=C(O)C(c1cccnc1)N1CCCC(OCC2CC2)C1. The van der Waals surface area contributed by atoms with Crippen molar-refractivity contribution >= 4 is 5.97 Å². The monoisotopic (exact) mass is 290 g/mol. The number of ether oxygens (including phenoxy) is 1. The second kappa shape index (κ2) is 6.54. The molecule has 5 heteroatoms. The molecule has 0 amide bonds. The van der Waals surface area contributed by atoms with E-state index in [9.17, 15) is 9.90 Å². The van der Waals surface area contributed by atoms with Crippen molar-refractivity contribution in [1.29, 1.82) is 0 Å². The first kappa shape index (κ1) is 14.5. The van der Waals surface area contributed by atoms with Gasteiger partial charge in [0.1, 0.15) is 6.04 Å². The first-order valence-corrected chi connectivity index (χ1v) is 7.72. The van der Waals surface area contributed by atoms with Crippen LogP contribution in [0.25, 0.3) is 0 Å².